The van der Waals surface area contributed by atoms with Crippen LogP contribution in [0.4, 0.5) is 4.79 Å². The van der Waals surface area contributed by atoms with Crippen LogP contribution in [0.1, 0.15) is 11.3 Å². The lowest BCUT2D eigenvalue weighted by molar-refractivity contribution is -0.132. The van der Waals surface area contributed by atoms with E-state index in [4.69, 9.17) is 0 Å². The molecule has 1 fully saturated rings. The fourth-order valence-electron chi connectivity index (χ4n) is 3.69. The molecular weight excluding hydrogens is 318 g/mol. The number of hydrogen-bond acceptors (Lipinski definition) is 3. The van der Waals surface area contributed by atoms with Crippen LogP contribution in [0.15, 0.2) is 30.3 Å². The van der Waals surface area contributed by atoms with E-state index in [0.717, 1.165) is 29.8 Å². The van der Waals surface area contributed by atoms with Gasteiger partial charge in [0.25, 0.3) is 0 Å². The first-order chi connectivity index (χ1) is 12.1. The van der Waals surface area contributed by atoms with Gasteiger partial charge >= 0.3 is 6.03 Å². The Kier molecular flexibility index (Phi) is 3.91. The van der Waals surface area contributed by atoms with Gasteiger partial charge in [0.1, 0.15) is 6.04 Å². The Morgan fingerprint density at radius 2 is 1.96 bits per heavy atom. The van der Waals surface area contributed by atoms with Crippen LogP contribution in [0.2, 0.25) is 0 Å². The van der Waals surface area contributed by atoms with Crippen molar-refractivity contribution >= 4 is 11.9 Å². The number of rotatable bonds is 2. The van der Waals surface area contributed by atoms with Crippen LogP contribution in [0.3, 0.4) is 0 Å². The van der Waals surface area contributed by atoms with Gasteiger partial charge in [-0.25, -0.2) is 4.79 Å². The molecule has 25 heavy (non-hydrogen) atoms. The molecule has 0 bridgehead atoms. The number of carbonyl (C=O) groups excluding carboxylic acids is 2. The fraction of sp³-hybridized carbons (Fsp3) is 0.389. The number of fused-ring (bicyclic) bond motifs is 1. The van der Waals surface area contributed by atoms with Crippen LogP contribution < -0.4 is 10.6 Å². The average Bonchev–Trinajstić information content (AvgIpc) is 3.12. The monoisotopic (exact) mass is 339 g/mol. The molecule has 2 N–H and O–H groups in total. The van der Waals surface area contributed by atoms with Crippen LogP contribution >= 0.6 is 0 Å². The zero-order valence-electron chi connectivity index (χ0n) is 14.2. The summed E-state index contributed by atoms with van der Waals surface area (Å²) in [5.74, 6) is -0.0193. The van der Waals surface area contributed by atoms with Gasteiger partial charge in [0.15, 0.2) is 0 Å². The van der Waals surface area contributed by atoms with Crippen LogP contribution in [0.25, 0.3) is 11.3 Å². The minimum absolute atomic E-state index is 0.0193. The maximum absolute atomic E-state index is 12.6. The van der Waals surface area contributed by atoms with Crippen molar-refractivity contribution in [3.63, 3.8) is 0 Å². The maximum atomic E-state index is 12.6. The van der Waals surface area contributed by atoms with Crippen molar-refractivity contribution in [3.8, 4) is 11.3 Å². The Labute approximate surface area is 146 Å². The number of nitrogens with zero attached hydrogens (tertiary/aromatic N) is 3. The largest absolute Gasteiger partial charge is 0.340 e. The summed E-state index contributed by atoms with van der Waals surface area (Å²) in [7, 11) is 1.97. The van der Waals surface area contributed by atoms with Gasteiger partial charge in [0, 0.05) is 44.2 Å². The van der Waals surface area contributed by atoms with E-state index in [1.54, 1.807) is 0 Å². The smallest absolute Gasteiger partial charge is 0.315 e. The lowest BCUT2D eigenvalue weighted by atomic mass is 10.0. The summed E-state index contributed by atoms with van der Waals surface area (Å²) in [4.78, 5) is 25.8. The van der Waals surface area contributed by atoms with E-state index in [-0.39, 0.29) is 11.9 Å². The fourth-order valence-corrected chi connectivity index (χ4v) is 3.69. The van der Waals surface area contributed by atoms with Crippen LogP contribution in [0, 0.1) is 0 Å². The Balaban J connectivity index is 1.56. The Bertz CT molecular complexity index is 814. The summed E-state index contributed by atoms with van der Waals surface area (Å²) in [5.41, 5.74) is 4.55. The molecule has 2 aliphatic rings. The standard InChI is InChI=1S/C18H21N5O2/c1-22-16(12-5-3-2-4-6-12)13-7-9-23(10-8-14(13)21-22)17(24)15-11-19-18(25)20-15/h2-6,15H,7-11H2,1H3,(H2,19,20,25). The Morgan fingerprint density at radius 3 is 2.68 bits per heavy atom. The molecule has 0 spiro atoms. The van der Waals surface area contributed by atoms with Gasteiger partial charge in [-0.05, 0) is 6.42 Å². The minimum Gasteiger partial charge on any atom is -0.340 e. The SMILES string of the molecule is Cn1nc2c(c1-c1ccccc1)CCN(C(=O)C1CNC(=O)N1)CC2. The molecule has 2 aliphatic heterocycles. The molecule has 3 amide bonds. The first-order valence-corrected chi connectivity index (χ1v) is 8.57. The molecule has 2 aromatic rings. The molecule has 7 heteroatoms. The lowest BCUT2D eigenvalue weighted by Crippen LogP contribution is -2.46. The first kappa shape index (κ1) is 15.7. The second-order valence-corrected chi connectivity index (χ2v) is 6.50. The first-order valence-electron chi connectivity index (χ1n) is 8.57. The quantitative estimate of drug-likeness (QED) is 0.845. The maximum Gasteiger partial charge on any atom is 0.315 e. The highest BCUT2D eigenvalue weighted by atomic mass is 16.2. The second kappa shape index (κ2) is 6.23. The number of benzene rings is 1. The molecule has 0 aliphatic carbocycles. The Morgan fingerprint density at radius 1 is 1.20 bits per heavy atom. The predicted molar refractivity (Wildman–Crippen MR) is 93.0 cm³/mol. The molecule has 1 aromatic carbocycles. The Hall–Kier alpha value is -2.83. The van der Waals surface area contributed by atoms with Gasteiger partial charge in [-0.3, -0.25) is 9.48 Å². The molecule has 0 radical (unpaired) electrons. The van der Waals surface area contributed by atoms with E-state index in [2.05, 4.69) is 27.9 Å². The highest BCUT2D eigenvalue weighted by Gasteiger charge is 2.32. The molecule has 4 rings (SSSR count). The van der Waals surface area contributed by atoms with E-state index in [1.807, 2.05) is 34.8 Å². The zero-order chi connectivity index (χ0) is 17.4. The highest BCUT2D eigenvalue weighted by molar-refractivity contribution is 5.90. The van der Waals surface area contributed by atoms with Gasteiger partial charge in [-0.2, -0.15) is 5.10 Å². The van der Waals surface area contributed by atoms with Gasteiger partial charge in [0.2, 0.25) is 5.91 Å². The predicted octanol–water partition coefficient (Wildman–Crippen LogP) is 0.696. The number of nitrogens with one attached hydrogen (secondary N) is 2. The third-order valence-electron chi connectivity index (χ3n) is 4.91. The molecule has 7 nitrogen and oxygen atoms in total. The molecule has 1 aromatic heterocycles. The van der Waals surface area contributed by atoms with Crippen molar-refractivity contribution in [2.24, 2.45) is 7.05 Å². The summed E-state index contributed by atoms with van der Waals surface area (Å²) in [6.07, 6.45) is 1.50. The third kappa shape index (κ3) is 2.86. The van der Waals surface area contributed by atoms with Crippen LogP contribution in [-0.2, 0) is 24.7 Å². The third-order valence-corrected chi connectivity index (χ3v) is 4.91. The van der Waals surface area contributed by atoms with Gasteiger partial charge in [0.05, 0.1) is 11.4 Å². The van der Waals surface area contributed by atoms with E-state index < -0.39 is 6.04 Å². The number of hydrogen-bond donors (Lipinski definition) is 2. The normalized spacial score (nSPS) is 19.8. The number of amides is 3. The van der Waals surface area contributed by atoms with E-state index in [0.29, 0.717) is 19.6 Å². The molecular formula is C18H21N5O2. The topological polar surface area (TPSA) is 79.3 Å². The van der Waals surface area contributed by atoms with Crippen molar-refractivity contribution in [1.82, 2.24) is 25.3 Å². The van der Waals surface area contributed by atoms with E-state index in [9.17, 15) is 9.59 Å². The van der Waals surface area contributed by atoms with Crippen molar-refractivity contribution in [3.05, 3.63) is 41.6 Å². The highest BCUT2D eigenvalue weighted by Crippen LogP contribution is 2.28. The molecule has 130 valence electrons. The van der Waals surface area contributed by atoms with Crippen molar-refractivity contribution in [1.29, 1.82) is 0 Å². The molecule has 3 heterocycles. The minimum atomic E-state index is -0.461. The van der Waals surface area contributed by atoms with Gasteiger partial charge in [-0.15, -0.1) is 0 Å². The summed E-state index contributed by atoms with van der Waals surface area (Å²) in [6.45, 7) is 1.63. The number of urea groups is 1. The molecule has 0 saturated carbocycles. The summed E-state index contributed by atoms with van der Waals surface area (Å²) in [6, 6.07) is 9.50. The van der Waals surface area contributed by atoms with Crippen molar-refractivity contribution < 1.29 is 9.59 Å². The van der Waals surface area contributed by atoms with Crippen LogP contribution in [0.5, 0.6) is 0 Å². The van der Waals surface area contributed by atoms with Crippen molar-refractivity contribution in [2.75, 3.05) is 19.6 Å². The van der Waals surface area contributed by atoms with Crippen molar-refractivity contribution in [2.45, 2.75) is 18.9 Å². The van der Waals surface area contributed by atoms with E-state index >= 15 is 0 Å². The zero-order valence-corrected chi connectivity index (χ0v) is 14.2. The summed E-state index contributed by atoms with van der Waals surface area (Å²) in [5, 5.41) is 10.0. The van der Waals surface area contributed by atoms with Gasteiger partial charge in [-0.1, -0.05) is 30.3 Å². The average molecular weight is 339 g/mol. The second-order valence-electron chi connectivity index (χ2n) is 6.50. The molecule has 1 saturated heterocycles. The lowest BCUT2D eigenvalue weighted by Gasteiger charge is -2.23. The van der Waals surface area contributed by atoms with Gasteiger partial charge < -0.3 is 15.5 Å². The van der Waals surface area contributed by atoms with Crippen LogP contribution in [-0.4, -0.2) is 52.3 Å². The van der Waals surface area contributed by atoms with E-state index in [1.165, 1.54) is 5.56 Å². The molecule has 1 atom stereocenters. The summed E-state index contributed by atoms with van der Waals surface area (Å²) < 4.78 is 1.94. The number of aryl methyl sites for hydroxylation is 1. The summed E-state index contributed by atoms with van der Waals surface area (Å²) >= 11 is 0. The number of carbonyl (C=O) groups is 2. The number of aromatic nitrogens is 2. The molecule has 1 unspecified atom stereocenters.